The molecular weight excluding hydrogens is 448 g/mol. The number of hydrogen-bond donors (Lipinski definition) is 2. The monoisotopic (exact) mass is 486 g/mol. The number of rotatable bonds is 9. The van der Waals surface area contributed by atoms with Gasteiger partial charge in [0.05, 0.1) is 0 Å². The molecule has 36 heavy (non-hydrogen) atoms. The Bertz CT molecular complexity index is 944. The summed E-state index contributed by atoms with van der Waals surface area (Å²) in [6.07, 6.45) is 10.1. The SMILES string of the molecule is O=C(CCCCC(=O)NN=C1CCC(c2ccccc2)CC1)NN=C1CCC(c2ccccc2)CC1. The van der Waals surface area contributed by atoms with Gasteiger partial charge in [0, 0.05) is 24.3 Å². The van der Waals surface area contributed by atoms with Gasteiger partial charge >= 0.3 is 0 Å². The van der Waals surface area contributed by atoms with Crippen molar-refractivity contribution >= 4 is 23.2 Å². The number of carbonyl (C=O) groups is 2. The van der Waals surface area contributed by atoms with Gasteiger partial charge in [0.15, 0.2) is 0 Å². The molecule has 0 heterocycles. The quantitative estimate of drug-likeness (QED) is 0.326. The molecule has 0 aromatic heterocycles. The molecule has 2 aromatic carbocycles. The number of nitrogens with zero attached hydrogens (tertiary/aromatic N) is 2. The summed E-state index contributed by atoms with van der Waals surface area (Å²) in [5.74, 6) is 1.01. The Morgan fingerprint density at radius 3 is 1.33 bits per heavy atom. The van der Waals surface area contributed by atoms with E-state index < -0.39 is 0 Å². The van der Waals surface area contributed by atoms with Crippen molar-refractivity contribution in [2.24, 2.45) is 10.2 Å². The highest BCUT2D eigenvalue weighted by molar-refractivity contribution is 5.87. The number of hydrazone groups is 2. The highest BCUT2D eigenvalue weighted by Crippen LogP contribution is 2.32. The number of nitrogens with one attached hydrogen (secondary N) is 2. The van der Waals surface area contributed by atoms with Gasteiger partial charge in [0.25, 0.3) is 0 Å². The molecule has 0 saturated heterocycles. The molecule has 0 atom stereocenters. The second-order valence-corrected chi connectivity index (χ2v) is 10.0. The Morgan fingerprint density at radius 2 is 0.972 bits per heavy atom. The Kier molecular flexibility index (Phi) is 9.83. The summed E-state index contributed by atoms with van der Waals surface area (Å²) in [4.78, 5) is 24.3. The fraction of sp³-hybridized carbons (Fsp3) is 0.467. The van der Waals surface area contributed by atoms with Crippen molar-refractivity contribution < 1.29 is 9.59 Å². The van der Waals surface area contributed by atoms with Gasteiger partial charge in [-0.05, 0) is 87.2 Å². The van der Waals surface area contributed by atoms with Gasteiger partial charge in [-0.2, -0.15) is 10.2 Å². The molecule has 2 aliphatic carbocycles. The van der Waals surface area contributed by atoms with Crippen molar-refractivity contribution in [3.63, 3.8) is 0 Å². The maximum absolute atomic E-state index is 12.1. The van der Waals surface area contributed by atoms with Crippen molar-refractivity contribution in [1.29, 1.82) is 0 Å². The minimum atomic E-state index is -0.0801. The summed E-state index contributed by atoms with van der Waals surface area (Å²) in [5, 5.41) is 8.70. The van der Waals surface area contributed by atoms with Gasteiger partial charge in [0.1, 0.15) is 0 Å². The lowest BCUT2D eigenvalue weighted by Gasteiger charge is -2.23. The first-order valence-corrected chi connectivity index (χ1v) is 13.5. The van der Waals surface area contributed by atoms with Crippen molar-refractivity contribution in [3.05, 3.63) is 71.8 Å². The highest BCUT2D eigenvalue weighted by Gasteiger charge is 2.20. The number of carbonyl (C=O) groups excluding carboxylic acids is 2. The van der Waals surface area contributed by atoms with Crippen LogP contribution in [0.5, 0.6) is 0 Å². The van der Waals surface area contributed by atoms with Crippen molar-refractivity contribution in [3.8, 4) is 0 Å². The molecule has 2 saturated carbocycles. The molecule has 0 radical (unpaired) electrons. The molecule has 0 unspecified atom stereocenters. The molecule has 6 heteroatoms. The van der Waals surface area contributed by atoms with Crippen LogP contribution in [-0.4, -0.2) is 23.2 Å². The fourth-order valence-corrected chi connectivity index (χ4v) is 5.21. The van der Waals surface area contributed by atoms with Gasteiger partial charge in [-0.25, -0.2) is 10.9 Å². The molecule has 2 aromatic rings. The summed E-state index contributed by atoms with van der Waals surface area (Å²) >= 11 is 0. The van der Waals surface area contributed by atoms with Crippen LogP contribution in [0.2, 0.25) is 0 Å². The van der Waals surface area contributed by atoms with Crippen LogP contribution in [0.4, 0.5) is 0 Å². The van der Waals surface area contributed by atoms with E-state index in [2.05, 4.69) is 69.6 Å². The lowest BCUT2D eigenvalue weighted by molar-refractivity contribution is -0.123. The van der Waals surface area contributed by atoms with Crippen LogP contribution in [0.15, 0.2) is 70.9 Å². The first-order valence-electron chi connectivity index (χ1n) is 13.5. The maximum atomic E-state index is 12.1. The molecule has 0 bridgehead atoms. The smallest absolute Gasteiger partial charge is 0.240 e. The predicted molar refractivity (Wildman–Crippen MR) is 145 cm³/mol. The van der Waals surface area contributed by atoms with Crippen molar-refractivity contribution in [2.45, 2.75) is 88.9 Å². The fourth-order valence-electron chi connectivity index (χ4n) is 5.21. The normalized spacial score (nSPS) is 19.9. The van der Waals surface area contributed by atoms with Gasteiger partial charge in [-0.3, -0.25) is 9.59 Å². The Morgan fingerprint density at radius 1 is 0.611 bits per heavy atom. The summed E-state index contributed by atoms with van der Waals surface area (Å²) in [6, 6.07) is 21.2. The predicted octanol–water partition coefficient (Wildman–Crippen LogP) is 6.21. The lowest BCUT2D eigenvalue weighted by Crippen LogP contribution is -2.22. The molecule has 2 fully saturated rings. The Balaban J connectivity index is 1.05. The minimum Gasteiger partial charge on any atom is -0.273 e. The largest absolute Gasteiger partial charge is 0.273 e. The second-order valence-electron chi connectivity index (χ2n) is 10.0. The molecule has 6 nitrogen and oxygen atoms in total. The minimum absolute atomic E-state index is 0.0801. The maximum Gasteiger partial charge on any atom is 0.240 e. The topological polar surface area (TPSA) is 82.9 Å². The standard InChI is InChI=1S/C30H38N4O2/c35-29(33-31-27-19-15-25(16-20-27)23-9-3-1-4-10-23)13-7-8-14-30(36)34-32-28-21-17-26(18-22-28)24-11-5-2-6-12-24/h1-6,9-12,25-26H,7-8,13-22H2,(H,33,35)(H,34,36). The Labute approximate surface area is 214 Å². The first-order chi connectivity index (χ1) is 17.7. The number of amides is 2. The zero-order valence-electron chi connectivity index (χ0n) is 21.1. The summed E-state index contributed by atoms with van der Waals surface area (Å²) in [7, 11) is 0. The molecular formula is C30H38N4O2. The molecule has 4 rings (SSSR count). The highest BCUT2D eigenvalue weighted by atomic mass is 16.2. The van der Waals surface area contributed by atoms with Crippen molar-refractivity contribution in [2.75, 3.05) is 0 Å². The second kappa shape index (κ2) is 13.7. The molecule has 0 aliphatic heterocycles. The van der Waals surface area contributed by atoms with E-state index in [1.54, 1.807) is 0 Å². The summed E-state index contributed by atoms with van der Waals surface area (Å²) in [6.45, 7) is 0. The molecule has 2 N–H and O–H groups in total. The van der Waals surface area contributed by atoms with Crippen LogP contribution in [0.25, 0.3) is 0 Å². The van der Waals surface area contributed by atoms with E-state index in [1.807, 2.05) is 12.1 Å². The van der Waals surface area contributed by atoms with Gasteiger partial charge in [0.2, 0.25) is 11.8 Å². The number of benzene rings is 2. The van der Waals surface area contributed by atoms with E-state index in [-0.39, 0.29) is 11.8 Å². The van der Waals surface area contributed by atoms with Crippen LogP contribution in [0, 0.1) is 0 Å². The van der Waals surface area contributed by atoms with Crippen LogP contribution in [-0.2, 0) is 9.59 Å². The molecule has 2 aliphatic rings. The third-order valence-corrected chi connectivity index (χ3v) is 7.40. The van der Waals surface area contributed by atoms with E-state index in [0.29, 0.717) is 37.5 Å². The van der Waals surface area contributed by atoms with E-state index >= 15 is 0 Å². The van der Waals surface area contributed by atoms with Gasteiger partial charge in [-0.1, -0.05) is 60.7 Å². The number of unbranched alkanes of at least 4 members (excludes halogenated alkanes) is 1. The Hall–Kier alpha value is -3.28. The third kappa shape index (κ3) is 8.14. The zero-order chi connectivity index (χ0) is 25.0. The van der Waals surface area contributed by atoms with Gasteiger partial charge < -0.3 is 0 Å². The summed E-state index contributed by atoms with van der Waals surface area (Å²) < 4.78 is 0. The van der Waals surface area contributed by atoms with E-state index in [9.17, 15) is 9.59 Å². The lowest BCUT2D eigenvalue weighted by atomic mass is 9.83. The van der Waals surface area contributed by atoms with E-state index in [1.165, 1.54) is 11.1 Å². The van der Waals surface area contributed by atoms with E-state index in [4.69, 9.17) is 0 Å². The van der Waals surface area contributed by atoms with Crippen molar-refractivity contribution in [1.82, 2.24) is 10.9 Å². The molecule has 190 valence electrons. The van der Waals surface area contributed by atoms with Gasteiger partial charge in [-0.15, -0.1) is 0 Å². The zero-order valence-corrected chi connectivity index (χ0v) is 21.1. The molecule has 2 amide bonds. The van der Waals surface area contributed by atoms with Crippen LogP contribution in [0.3, 0.4) is 0 Å². The van der Waals surface area contributed by atoms with Crippen LogP contribution >= 0.6 is 0 Å². The number of hydrogen-bond acceptors (Lipinski definition) is 4. The average Bonchev–Trinajstić information content (AvgIpc) is 2.94. The average molecular weight is 487 g/mol. The summed E-state index contributed by atoms with van der Waals surface area (Å²) in [5.41, 5.74) is 10.4. The van der Waals surface area contributed by atoms with E-state index in [0.717, 1.165) is 62.8 Å². The first kappa shape index (κ1) is 25.8. The third-order valence-electron chi connectivity index (χ3n) is 7.40. The van der Waals surface area contributed by atoms with Crippen LogP contribution in [0.1, 0.15) is 100 Å². The molecule has 0 spiro atoms. The van der Waals surface area contributed by atoms with Crippen LogP contribution < -0.4 is 10.9 Å².